The van der Waals surface area contributed by atoms with Crippen molar-refractivity contribution in [2.75, 3.05) is 5.73 Å². The molecule has 0 aliphatic heterocycles. The molecule has 2 aliphatic rings. The number of carboxylic acid groups (broad SMARTS) is 1. The van der Waals surface area contributed by atoms with E-state index in [4.69, 9.17) is 10.5 Å². The van der Waals surface area contributed by atoms with E-state index in [0.29, 0.717) is 0 Å². The third kappa shape index (κ3) is 5.82. The Morgan fingerprint density at radius 1 is 1.03 bits per heavy atom. The third-order valence-electron chi connectivity index (χ3n) is 6.70. The van der Waals surface area contributed by atoms with E-state index < -0.39 is 17.8 Å². The molecule has 0 spiro atoms. The number of nitrogens with one attached hydrogen (secondary N) is 1. The van der Waals surface area contributed by atoms with Gasteiger partial charge in [-0.05, 0) is 81.7 Å². The predicted octanol–water partition coefficient (Wildman–Crippen LogP) is 5.61. The molecule has 34 heavy (non-hydrogen) atoms. The van der Waals surface area contributed by atoms with Gasteiger partial charge in [0.1, 0.15) is 5.60 Å². The average molecular weight is 466 g/mol. The topological polar surface area (TPSA) is 105 Å². The maximum absolute atomic E-state index is 12.2. The van der Waals surface area contributed by atoms with Gasteiger partial charge in [0.2, 0.25) is 0 Å². The number of nitrogen functional groups attached to an aromatic ring is 1. The summed E-state index contributed by atoms with van der Waals surface area (Å²) in [5, 5.41) is 12.9. The molecule has 0 aromatic heterocycles. The van der Waals surface area contributed by atoms with E-state index in [1.807, 2.05) is 45.0 Å². The van der Waals surface area contributed by atoms with E-state index in [0.717, 1.165) is 48.9 Å². The van der Waals surface area contributed by atoms with Crippen LogP contribution in [-0.2, 0) is 4.74 Å². The SMILES string of the molecule is CC(C)(C)OC(=O)NC1CCC(N(C(=O)O)C2CC2c2ccc(-c3cccc(N)c3)cc2)CC1. The lowest BCUT2D eigenvalue weighted by atomic mass is 9.90. The molecule has 2 saturated carbocycles. The number of carbonyl (C=O) groups excluding carboxylic acids is 1. The number of amides is 2. The number of ether oxygens (including phenoxy) is 1. The van der Waals surface area contributed by atoms with Crippen molar-refractivity contribution >= 4 is 17.9 Å². The van der Waals surface area contributed by atoms with Gasteiger partial charge in [-0.1, -0.05) is 36.4 Å². The van der Waals surface area contributed by atoms with Crippen LogP contribution in [0.4, 0.5) is 15.3 Å². The Morgan fingerprint density at radius 3 is 2.29 bits per heavy atom. The molecular weight excluding hydrogens is 430 g/mol. The van der Waals surface area contributed by atoms with Crippen molar-refractivity contribution in [3.05, 3.63) is 54.1 Å². The van der Waals surface area contributed by atoms with Crippen LogP contribution in [0.2, 0.25) is 0 Å². The van der Waals surface area contributed by atoms with Gasteiger partial charge < -0.3 is 25.8 Å². The van der Waals surface area contributed by atoms with Crippen LogP contribution in [-0.4, -0.2) is 45.9 Å². The summed E-state index contributed by atoms with van der Waals surface area (Å²) in [7, 11) is 0. The van der Waals surface area contributed by atoms with Gasteiger partial charge in [-0.15, -0.1) is 0 Å². The number of anilines is 1. The molecule has 0 saturated heterocycles. The first kappa shape index (κ1) is 23.9. The first-order valence-corrected chi connectivity index (χ1v) is 12.1. The fourth-order valence-electron chi connectivity index (χ4n) is 5.03. The van der Waals surface area contributed by atoms with Gasteiger partial charge in [0.05, 0.1) is 0 Å². The molecule has 2 atom stereocenters. The molecule has 0 heterocycles. The zero-order chi connectivity index (χ0) is 24.5. The lowest BCUT2D eigenvalue weighted by Gasteiger charge is -2.36. The molecule has 2 fully saturated rings. The minimum absolute atomic E-state index is 0.0103. The number of nitrogens with zero attached hydrogens (tertiary/aromatic N) is 1. The highest BCUT2D eigenvalue weighted by molar-refractivity contribution is 5.69. The van der Waals surface area contributed by atoms with Gasteiger partial charge in [-0.3, -0.25) is 0 Å². The zero-order valence-corrected chi connectivity index (χ0v) is 20.2. The van der Waals surface area contributed by atoms with E-state index in [-0.39, 0.29) is 24.0 Å². The summed E-state index contributed by atoms with van der Waals surface area (Å²) in [6.45, 7) is 5.52. The summed E-state index contributed by atoms with van der Waals surface area (Å²) < 4.78 is 5.35. The Bertz CT molecular complexity index is 1020. The number of benzene rings is 2. The zero-order valence-electron chi connectivity index (χ0n) is 20.2. The van der Waals surface area contributed by atoms with Crippen LogP contribution in [0.25, 0.3) is 11.1 Å². The summed E-state index contributed by atoms with van der Waals surface area (Å²) in [5.41, 5.74) is 9.44. The second kappa shape index (κ2) is 9.57. The van der Waals surface area contributed by atoms with Crippen molar-refractivity contribution < 1.29 is 19.4 Å². The Hall–Kier alpha value is -3.22. The molecule has 2 aliphatic carbocycles. The molecule has 4 rings (SSSR count). The van der Waals surface area contributed by atoms with E-state index in [1.165, 1.54) is 5.56 Å². The fraction of sp³-hybridized carbons (Fsp3) is 0.481. The lowest BCUT2D eigenvalue weighted by Crippen LogP contribution is -2.47. The summed E-state index contributed by atoms with van der Waals surface area (Å²) in [4.78, 5) is 25.9. The molecule has 0 radical (unpaired) electrons. The van der Waals surface area contributed by atoms with Crippen LogP contribution in [0.1, 0.15) is 64.4 Å². The largest absolute Gasteiger partial charge is 0.465 e. The Labute approximate surface area is 201 Å². The van der Waals surface area contributed by atoms with Gasteiger partial charge in [0, 0.05) is 29.7 Å². The molecular formula is C27H35N3O4. The number of alkyl carbamates (subject to hydrolysis) is 1. The average Bonchev–Trinajstić information content (AvgIpc) is 3.54. The maximum Gasteiger partial charge on any atom is 0.407 e. The van der Waals surface area contributed by atoms with Gasteiger partial charge in [-0.25, -0.2) is 9.59 Å². The van der Waals surface area contributed by atoms with Crippen molar-refractivity contribution in [2.45, 2.75) is 82.5 Å². The Balaban J connectivity index is 1.34. The highest BCUT2D eigenvalue weighted by Crippen LogP contribution is 2.47. The molecule has 7 nitrogen and oxygen atoms in total. The standard InChI is InChI=1S/C27H35N3O4/c1-27(2,3)34-25(31)29-21-11-13-22(14-12-21)30(26(32)33)24-16-23(24)18-9-7-17(8-10-18)19-5-4-6-20(28)15-19/h4-10,15,21-24H,11-14,16,28H2,1-3H3,(H,29,31)(H,32,33). The first-order valence-electron chi connectivity index (χ1n) is 12.1. The van der Waals surface area contributed by atoms with Crippen LogP contribution in [0.15, 0.2) is 48.5 Å². The smallest absolute Gasteiger partial charge is 0.407 e. The highest BCUT2D eigenvalue weighted by Gasteiger charge is 2.48. The quantitative estimate of drug-likeness (QED) is 0.498. The van der Waals surface area contributed by atoms with Crippen molar-refractivity contribution in [1.29, 1.82) is 0 Å². The Morgan fingerprint density at radius 2 is 1.71 bits per heavy atom. The number of rotatable bonds is 5. The van der Waals surface area contributed by atoms with Crippen molar-refractivity contribution in [3.8, 4) is 11.1 Å². The van der Waals surface area contributed by atoms with Crippen molar-refractivity contribution in [1.82, 2.24) is 10.2 Å². The monoisotopic (exact) mass is 465 g/mol. The number of hydrogen-bond acceptors (Lipinski definition) is 4. The second-order valence-corrected chi connectivity index (χ2v) is 10.5. The third-order valence-corrected chi connectivity index (χ3v) is 6.70. The maximum atomic E-state index is 12.2. The number of hydrogen-bond donors (Lipinski definition) is 3. The van der Waals surface area contributed by atoms with Crippen LogP contribution < -0.4 is 11.1 Å². The minimum Gasteiger partial charge on any atom is -0.465 e. The van der Waals surface area contributed by atoms with E-state index >= 15 is 0 Å². The van der Waals surface area contributed by atoms with Gasteiger partial charge in [0.15, 0.2) is 0 Å². The van der Waals surface area contributed by atoms with Gasteiger partial charge in [-0.2, -0.15) is 0 Å². The predicted molar refractivity (Wildman–Crippen MR) is 133 cm³/mol. The van der Waals surface area contributed by atoms with Crippen molar-refractivity contribution in [2.24, 2.45) is 0 Å². The summed E-state index contributed by atoms with van der Waals surface area (Å²) in [6, 6.07) is 16.2. The summed E-state index contributed by atoms with van der Waals surface area (Å²) >= 11 is 0. The number of nitrogens with two attached hydrogens (primary N) is 1. The lowest BCUT2D eigenvalue weighted by molar-refractivity contribution is 0.0471. The van der Waals surface area contributed by atoms with Crippen molar-refractivity contribution in [3.63, 3.8) is 0 Å². The first-order chi connectivity index (χ1) is 16.1. The van der Waals surface area contributed by atoms with E-state index in [1.54, 1.807) is 4.90 Å². The highest BCUT2D eigenvalue weighted by atomic mass is 16.6. The molecule has 0 bridgehead atoms. The fourth-order valence-corrected chi connectivity index (χ4v) is 5.03. The normalized spacial score (nSPS) is 24.2. The minimum atomic E-state index is -0.854. The molecule has 2 unspecified atom stereocenters. The van der Waals surface area contributed by atoms with Gasteiger partial charge in [0.25, 0.3) is 0 Å². The molecule has 2 aromatic carbocycles. The second-order valence-electron chi connectivity index (χ2n) is 10.5. The van der Waals surface area contributed by atoms with Crippen LogP contribution in [0.5, 0.6) is 0 Å². The Kier molecular flexibility index (Phi) is 6.73. The van der Waals surface area contributed by atoms with E-state index in [9.17, 15) is 14.7 Å². The van der Waals surface area contributed by atoms with Gasteiger partial charge >= 0.3 is 12.2 Å². The van der Waals surface area contributed by atoms with Crippen LogP contribution in [0.3, 0.4) is 0 Å². The molecule has 4 N–H and O–H groups in total. The number of carbonyl (C=O) groups is 2. The van der Waals surface area contributed by atoms with Crippen LogP contribution in [0, 0.1) is 0 Å². The molecule has 182 valence electrons. The summed E-state index contributed by atoms with van der Waals surface area (Å²) in [5.74, 6) is 0.226. The summed E-state index contributed by atoms with van der Waals surface area (Å²) in [6.07, 6.45) is 2.57. The molecule has 7 heteroatoms. The molecule has 2 aromatic rings. The van der Waals surface area contributed by atoms with E-state index in [2.05, 4.69) is 29.6 Å². The van der Waals surface area contributed by atoms with Crippen LogP contribution >= 0.6 is 0 Å². The molecule has 2 amide bonds.